The van der Waals surface area contributed by atoms with Crippen molar-refractivity contribution in [1.29, 1.82) is 0 Å². The summed E-state index contributed by atoms with van der Waals surface area (Å²) in [5.41, 5.74) is 1.09. The number of nitrogens with zero attached hydrogens (tertiary/aromatic N) is 3. The van der Waals surface area contributed by atoms with Gasteiger partial charge >= 0.3 is 6.18 Å². The van der Waals surface area contributed by atoms with Gasteiger partial charge in [0.15, 0.2) is 4.80 Å². The molecule has 0 atom stereocenters. The van der Waals surface area contributed by atoms with Crippen molar-refractivity contribution < 1.29 is 26.5 Å². The Labute approximate surface area is 229 Å². The van der Waals surface area contributed by atoms with E-state index in [9.17, 15) is 31.7 Å². The molecular formula is C24H20BrF3N4O4S2. The molecule has 0 spiro atoms. The Balaban J connectivity index is 0.00000400. The fourth-order valence-electron chi connectivity index (χ4n) is 3.59. The van der Waals surface area contributed by atoms with Gasteiger partial charge in [-0.05, 0) is 42.3 Å². The number of benzene rings is 3. The van der Waals surface area contributed by atoms with Gasteiger partial charge in [-0.2, -0.15) is 13.2 Å². The Hall–Kier alpha value is -3.33. The van der Waals surface area contributed by atoms with Crippen LogP contribution in [-0.2, 0) is 29.2 Å². The molecule has 0 aliphatic rings. The van der Waals surface area contributed by atoms with Crippen molar-refractivity contribution in [2.75, 3.05) is 0 Å². The maximum absolute atomic E-state index is 13.2. The molecular weight excluding hydrogens is 609 g/mol. The fourth-order valence-corrected chi connectivity index (χ4v) is 5.06. The monoisotopic (exact) mass is 628 g/mol. The third kappa shape index (κ3) is 6.95. The van der Waals surface area contributed by atoms with Crippen LogP contribution in [0.2, 0.25) is 0 Å². The van der Waals surface area contributed by atoms with E-state index in [2.05, 4.69) is 4.99 Å². The quantitative estimate of drug-likeness (QED) is 0.204. The topological polar surface area (TPSA) is 121 Å². The zero-order chi connectivity index (χ0) is 26.8. The highest BCUT2D eigenvalue weighted by atomic mass is 79.9. The zero-order valence-corrected chi connectivity index (χ0v) is 22.7. The molecule has 0 aliphatic heterocycles. The molecule has 0 amide bonds. The number of halogens is 4. The number of aryl methyl sites for hydroxylation is 1. The van der Waals surface area contributed by atoms with Gasteiger partial charge in [-0.15, -0.1) is 28.3 Å². The van der Waals surface area contributed by atoms with Crippen molar-refractivity contribution in [2.45, 2.75) is 24.0 Å². The van der Waals surface area contributed by atoms with Crippen LogP contribution in [-0.4, -0.2) is 17.9 Å². The first-order chi connectivity index (χ1) is 17.4. The van der Waals surface area contributed by atoms with E-state index in [4.69, 9.17) is 5.14 Å². The van der Waals surface area contributed by atoms with Crippen LogP contribution in [0.15, 0.2) is 88.1 Å². The average molecular weight is 629 g/mol. The largest absolute Gasteiger partial charge is 0.416 e. The third-order valence-electron chi connectivity index (χ3n) is 5.42. The van der Waals surface area contributed by atoms with Crippen LogP contribution >= 0.6 is 28.3 Å². The number of non-ortho nitro benzene ring substituents is 1. The van der Waals surface area contributed by atoms with E-state index in [1.54, 1.807) is 34.2 Å². The minimum absolute atomic E-state index is 0. The Bertz CT molecular complexity index is 1630. The Morgan fingerprint density at radius 1 is 1.03 bits per heavy atom. The molecule has 200 valence electrons. The summed E-state index contributed by atoms with van der Waals surface area (Å²) in [6.07, 6.45) is -4.10. The summed E-state index contributed by atoms with van der Waals surface area (Å²) in [6, 6.07) is 16.7. The Morgan fingerprint density at radius 2 is 1.71 bits per heavy atom. The summed E-state index contributed by atoms with van der Waals surface area (Å²) in [5, 5.41) is 18.2. The Kier molecular flexibility index (Phi) is 8.92. The zero-order valence-electron chi connectivity index (χ0n) is 19.3. The highest BCUT2D eigenvalue weighted by molar-refractivity contribution is 8.93. The lowest BCUT2D eigenvalue weighted by Gasteiger charge is -2.10. The molecule has 4 rings (SSSR count). The van der Waals surface area contributed by atoms with E-state index in [-0.39, 0.29) is 33.3 Å². The molecule has 14 heteroatoms. The maximum Gasteiger partial charge on any atom is 0.416 e. The van der Waals surface area contributed by atoms with Gasteiger partial charge in [-0.3, -0.25) is 10.1 Å². The number of primary sulfonamides is 1. The normalized spacial score (nSPS) is 12.3. The summed E-state index contributed by atoms with van der Waals surface area (Å²) in [6.45, 7) is 0.314. The molecule has 0 saturated carbocycles. The average Bonchev–Trinajstić information content (AvgIpc) is 3.24. The molecule has 0 bridgehead atoms. The lowest BCUT2D eigenvalue weighted by molar-refractivity contribution is -0.384. The number of rotatable bonds is 7. The lowest BCUT2D eigenvalue weighted by Crippen LogP contribution is -2.17. The lowest BCUT2D eigenvalue weighted by atomic mass is 10.1. The number of nitrogens with two attached hydrogens (primary N) is 1. The molecule has 1 heterocycles. The van der Waals surface area contributed by atoms with E-state index in [0.717, 1.165) is 17.7 Å². The Morgan fingerprint density at radius 3 is 2.34 bits per heavy atom. The van der Waals surface area contributed by atoms with Gasteiger partial charge in [0, 0.05) is 29.6 Å². The van der Waals surface area contributed by atoms with Gasteiger partial charge in [0.25, 0.3) is 5.69 Å². The molecule has 4 aromatic rings. The van der Waals surface area contributed by atoms with Gasteiger partial charge in [0.1, 0.15) is 0 Å². The van der Waals surface area contributed by atoms with E-state index < -0.39 is 26.7 Å². The number of nitro benzene ring substituents is 1. The smallest absolute Gasteiger partial charge is 0.316 e. The number of thiazole rings is 1. The minimum Gasteiger partial charge on any atom is -0.316 e. The molecule has 0 unspecified atom stereocenters. The predicted octanol–water partition coefficient (Wildman–Crippen LogP) is 5.84. The van der Waals surface area contributed by atoms with Crippen molar-refractivity contribution in [3.05, 3.63) is 104 Å². The standard InChI is InChI=1S/C24H19F3N4O4S2.BrH/c25-24(26,27)18-4-2-5-19(14-18)29-23-30(12-11-16-7-9-21(10-8-16)37(28,34)35)22(15-36-23)17-3-1-6-20(13-17)31(32)33;/h1-10,13-15H,11-12H2,(H2,28,34,35);1H. The number of alkyl halides is 3. The van der Waals surface area contributed by atoms with Crippen molar-refractivity contribution in [1.82, 2.24) is 4.57 Å². The van der Waals surface area contributed by atoms with Gasteiger partial charge in [-0.25, -0.2) is 18.5 Å². The second kappa shape index (κ2) is 11.6. The number of hydrogen-bond donors (Lipinski definition) is 1. The predicted molar refractivity (Wildman–Crippen MR) is 143 cm³/mol. The van der Waals surface area contributed by atoms with E-state index in [0.29, 0.717) is 29.0 Å². The molecule has 0 radical (unpaired) electrons. The first kappa shape index (κ1) is 29.2. The van der Waals surface area contributed by atoms with Crippen LogP contribution in [0.5, 0.6) is 0 Å². The second-order valence-electron chi connectivity index (χ2n) is 7.96. The molecule has 0 saturated heterocycles. The number of aromatic nitrogens is 1. The van der Waals surface area contributed by atoms with Crippen molar-refractivity contribution in [3.63, 3.8) is 0 Å². The van der Waals surface area contributed by atoms with Crippen LogP contribution < -0.4 is 9.94 Å². The molecule has 0 aliphatic carbocycles. The fraction of sp³-hybridized carbons (Fsp3) is 0.125. The second-order valence-corrected chi connectivity index (χ2v) is 10.4. The van der Waals surface area contributed by atoms with Crippen molar-refractivity contribution in [3.8, 4) is 11.3 Å². The summed E-state index contributed by atoms with van der Waals surface area (Å²) in [4.78, 5) is 15.6. The van der Waals surface area contributed by atoms with E-state index in [1.807, 2.05) is 0 Å². The maximum atomic E-state index is 13.2. The number of sulfonamides is 1. The first-order valence-corrected chi connectivity index (χ1v) is 13.1. The van der Waals surface area contributed by atoms with Crippen molar-refractivity contribution in [2.24, 2.45) is 10.1 Å². The van der Waals surface area contributed by atoms with Crippen LogP contribution in [0.1, 0.15) is 11.1 Å². The van der Waals surface area contributed by atoms with Gasteiger partial charge in [-0.1, -0.05) is 30.3 Å². The van der Waals surface area contributed by atoms with E-state index in [1.165, 1.54) is 47.7 Å². The number of hydrogen-bond acceptors (Lipinski definition) is 6. The SMILES string of the molecule is Br.NS(=O)(=O)c1ccc(CCn2c(-c3cccc([N+](=O)[O-])c3)csc2=Nc2cccc(C(F)(F)F)c2)cc1. The van der Waals surface area contributed by atoms with Crippen LogP contribution in [0.4, 0.5) is 24.5 Å². The minimum atomic E-state index is -4.52. The molecule has 2 N–H and O–H groups in total. The molecule has 38 heavy (non-hydrogen) atoms. The third-order valence-corrected chi connectivity index (χ3v) is 7.22. The van der Waals surface area contributed by atoms with Crippen LogP contribution in [0.3, 0.4) is 0 Å². The molecule has 0 fully saturated rings. The number of nitro groups is 1. The van der Waals surface area contributed by atoms with Crippen molar-refractivity contribution >= 4 is 49.7 Å². The summed E-state index contributed by atoms with van der Waals surface area (Å²) < 4.78 is 64.3. The first-order valence-electron chi connectivity index (χ1n) is 10.7. The highest BCUT2D eigenvalue weighted by Crippen LogP contribution is 2.31. The molecule has 3 aromatic carbocycles. The van der Waals surface area contributed by atoms with Gasteiger partial charge < -0.3 is 4.57 Å². The molecule has 8 nitrogen and oxygen atoms in total. The summed E-state index contributed by atoms with van der Waals surface area (Å²) in [5.74, 6) is 0. The van der Waals surface area contributed by atoms with Crippen LogP contribution in [0.25, 0.3) is 11.3 Å². The van der Waals surface area contributed by atoms with E-state index >= 15 is 0 Å². The summed E-state index contributed by atoms with van der Waals surface area (Å²) >= 11 is 1.18. The summed E-state index contributed by atoms with van der Waals surface area (Å²) in [7, 11) is -3.84. The molecule has 1 aromatic heterocycles. The van der Waals surface area contributed by atoms with Gasteiger partial charge in [0.2, 0.25) is 10.0 Å². The van der Waals surface area contributed by atoms with Gasteiger partial charge in [0.05, 0.1) is 26.8 Å². The van der Waals surface area contributed by atoms with Crippen LogP contribution in [0, 0.1) is 10.1 Å². The highest BCUT2D eigenvalue weighted by Gasteiger charge is 2.30.